The molecule has 0 saturated heterocycles. The monoisotopic (exact) mass is 205 g/mol. The quantitative estimate of drug-likeness (QED) is 0.819. The van der Waals surface area contributed by atoms with E-state index in [1.54, 1.807) is 0 Å². The third-order valence-corrected chi connectivity index (χ3v) is 2.65. The molecule has 15 heavy (non-hydrogen) atoms. The van der Waals surface area contributed by atoms with Crippen LogP contribution in [-0.4, -0.2) is 19.3 Å². The zero-order valence-corrected chi connectivity index (χ0v) is 9.49. The normalized spacial score (nSPS) is 19.8. The first-order valence-electron chi connectivity index (χ1n) is 5.69. The van der Waals surface area contributed by atoms with Crippen molar-refractivity contribution in [3.8, 4) is 0 Å². The van der Waals surface area contributed by atoms with E-state index in [1.807, 2.05) is 0 Å². The Bertz CT molecular complexity index is 322. The number of para-hydroxylation sites is 1. The minimum absolute atomic E-state index is 0.335. The van der Waals surface area contributed by atoms with E-state index in [0.717, 1.165) is 19.6 Å². The molecule has 1 aliphatic heterocycles. The fourth-order valence-corrected chi connectivity index (χ4v) is 1.86. The van der Waals surface area contributed by atoms with Crippen molar-refractivity contribution in [3.63, 3.8) is 0 Å². The number of hydrogen-bond acceptors (Lipinski definition) is 2. The highest BCUT2D eigenvalue weighted by Gasteiger charge is 2.17. The van der Waals surface area contributed by atoms with Crippen LogP contribution in [0.25, 0.3) is 0 Å². The van der Waals surface area contributed by atoms with Crippen LogP contribution in [0.15, 0.2) is 24.3 Å². The van der Waals surface area contributed by atoms with Crippen molar-refractivity contribution >= 4 is 5.69 Å². The van der Waals surface area contributed by atoms with Crippen LogP contribution in [-0.2, 0) is 11.2 Å². The molecular formula is C13H19NO. The molecule has 0 bridgehead atoms. The van der Waals surface area contributed by atoms with Gasteiger partial charge in [-0.2, -0.15) is 0 Å². The summed E-state index contributed by atoms with van der Waals surface area (Å²) in [4.78, 5) is 0. The van der Waals surface area contributed by atoms with E-state index in [0.29, 0.717) is 12.0 Å². The van der Waals surface area contributed by atoms with Crippen LogP contribution in [0.1, 0.15) is 19.4 Å². The van der Waals surface area contributed by atoms with Crippen molar-refractivity contribution < 1.29 is 4.74 Å². The first-order chi connectivity index (χ1) is 7.25. The van der Waals surface area contributed by atoms with Crippen LogP contribution in [0.4, 0.5) is 5.69 Å². The lowest BCUT2D eigenvalue weighted by Crippen LogP contribution is -2.31. The minimum Gasteiger partial charge on any atom is -0.382 e. The van der Waals surface area contributed by atoms with Crippen molar-refractivity contribution in [2.75, 3.05) is 18.5 Å². The van der Waals surface area contributed by atoms with Gasteiger partial charge in [0.2, 0.25) is 0 Å². The second-order valence-corrected chi connectivity index (χ2v) is 4.59. The van der Waals surface area contributed by atoms with Crippen LogP contribution >= 0.6 is 0 Å². The van der Waals surface area contributed by atoms with E-state index >= 15 is 0 Å². The Hall–Kier alpha value is -1.02. The summed E-state index contributed by atoms with van der Waals surface area (Å²) in [6.45, 7) is 6.16. The summed E-state index contributed by atoms with van der Waals surface area (Å²) in [5.41, 5.74) is 2.64. The fraction of sp³-hybridized carbons (Fsp3) is 0.538. The maximum atomic E-state index is 5.84. The predicted octanol–water partition coefficient (Wildman–Crippen LogP) is 2.70. The van der Waals surface area contributed by atoms with Gasteiger partial charge in [-0.05, 0) is 17.5 Å². The number of ether oxygens (including phenoxy) is 1. The summed E-state index contributed by atoms with van der Waals surface area (Å²) in [5.74, 6) is 0.613. The van der Waals surface area contributed by atoms with E-state index in [2.05, 4.69) is 43.4 Å². The molecule has 0 saturated carbocycles. The van der Waals surface area contributed by atoms with Crippen molar-refractivity contribution in [2.45, 2.75) is 26.4 Å². The van der Waals surface area contributed by atoms with E-state index in [-0.39, 0.29) is 0 Å². The first kappa shape index (κ1) is 10.5. The van der Waals surface area contributed by atoms with E-state index in [9.17, 15) is 0 Å². The summed E-state index contributed by atoms with van der Waals surface area (Å²) in [6, 6.07) is 8.47. The van der Waals surface area contributed by atoms with Crippen molar-refractivity contribution in [1.29, 1.82) is 0 Å². The van der Waals surface area contributed by atoms with Crippen molar-refractivity contribution in [1.82, 2.24) is 0 Å². The Kier molecular flexibility index (Phi) is 3.27. The molecule has 82 valence electrons. The zero-order valence-electron chi connectivity index (χ0n) is 9.49. The molecule has 1 atom stereocenters. The van der Waals surface area contributed by atoms with Gasteiger partial charge in [0.15, 0.2) is 0 Å². The van der Waals surface area contributed by atoms with Gasteiger partial charge in [-0.3, -0.25) is 0 Å². The Morgan fingerprint density at radius 1 is 1.40 bits per heavy atom. The summed E-state index contributed by atoms with van der Waals surface area (Å²) in [5, 5.41) is 3.41. The standard InChI is InChI=1S/C13H19NO/c1-10(2)9-15-12-7-11-5-3-4-6-13(11)14-8-12/h3-6,10,12,14H,7-9H2,1-2H3. The van der Waals surface area contributed by atoms with Gasteiger partial charge in [-0.1, -0.05) is 32.0 Å². The van der Waals surface area contributed by atoms with Gasteiger partial charge in [0.25, 0.3) is 0 Å². The lowest BCUT2D eigenvalue weighted by atomic mass is 10.0. The molecule has 0 fully saturated rings. The van der Waals surface area contributed by atoms with Gasteiger partial charge in [0, 0.05) is 25.3 Å². The molecule has 1 unspecified atom stereocenters. The Morgan fingerprint density at radius 2 is 2.20 bits per heavy atom. The highest BCUT2D eigenvalue weighted by atomic mass is 16.5. The third-order valence-electron chi connectivity index (χ3n) is 2.65. The number of fused-ring (bicyclic) bond motifs is 1. The molecule has 0 aliphatic carbocycles. The van der Waals surface area contributed by atoms with E-state index in [4.69, 9.17) is 4.74 Å². The molecule has 2 nitrogen and oxygen atoms in total. The largest absolute Gasteiger partial charge is 0.382 e. The lowest BCUT2D eigenvalue weighted by Gasteiger charge is -2.26. The molecule has 0 aromatic heterocycles. The summed E-state index contributed by atoms with van der Waals surface area (Å²) in [7, 11) is 0. The summed E-state index contributed by atoms with van der Waals surface area (Å²) < 4.78 is 5.84. The summed E-state index contributed by atoms with van der Waals surface area (Å²) in [6.07, 6.45) is 1.37. The van der Waals surface area contributed by atoms with Crippen LogP contribution in [0.5, 0.6) is 0 Å². The molecule has 1 N–H and O–H groups in total. The van der Waals surface area contributed by atoms with Crippen LogP contribution in [0, 0.1) is 5.92 Å². The molecule has 2 rings (SSSR count). The number of benzene rings is 1. The highest BCUT2D eigenvalue weighted by Crippen LogP contribution is 2.22. The van der Waals surface area contributed by atoms with Gasteiger partial charge < -0.3 is 10.1 Å². The molecule has 1 aliphatic rings. The molecule has 0 radical (unpaired) electrons. The molecular weight excluding hydrogens is 186 g/mol. The maximum absolute atomic E-state index is 5.84. The molecule has 1 aromatic rings. The van der Waals surface area contributed by atoms with E-state index in [1.165, 1.54) is 11.3 Å². The van der Waals surface area contributed by atoms with Crippen molar-refractivity contribution in [3.05, 3.63) is 29.8 Å². The van der Waals surface area contributed by atoms with Gasteiger partial charge in [0.1, 0.15) is 0 Å². The van der Waals surface area contributed by atoms with Gasteiger partial charge in [0.05, 0.1) is 6.10 Å². The van der Waals surface area contributed by atoms with Crippen LogP contribution < -0.4 is 5.32 Å². The molecule has 0 spiro atoms. The Balaban J connectivity index is 1.94. The number of rotatable bonds is 3. The van der Waals surface area contributed by atoms with Crippen molar-refractivity contribution in [2.24, 2.45) is 5.92 Å². The third kappa shape index (κ3) is 2.72. The first-order valence-corrected chi connectivity index (χ1v) is 5.69. The lowest BCUT2D eigenvalue weighted by molar-refractivity contribution is 0.0425. The number of anilines is 1. The average molecular weight is 205 g/mol. The van der Waals surface area contributed by atoms with Gasteiger partial charge in [-0.25, -0.2) is 0 Å². The highest BCUT2D eigenvalue weighted by molar-refractivity contribution is 5.53. The zero-order chi connectivity index (χ0) is 10.7. The number of nitrogens with one attached hydrogen (secondary N) is 1. The summed E-state index contributed by atoms with van der Waals surface area (Å²) >= 11 is 0. The smallest absolute Gasteiger partial charge is 0.0788 e. The van der Waals surface area contributed by atoms with Gasteiger partial charge in [-0.15, -0.1) is 0 Å². The maximum Gasteiger partial charge on any atom is 0.0788 e. The molecule has 2 heteroatoms. The minimum atomic E-state index is 0.335. The molecule has 1 aromatic carbocycles. The van der Waals surface area contributed by atoms with Gasteiger partial charge >= 0.3 is 0 Å². The predicted molar refractivity (Wildman–Crippen MR) is 63.2 cm³/mol. The topological polar surface area (TPSA) is 21.3 Å². The average Bonchev–Trinajstić information content (AvgIpc) is 2.26. The van der Waals surface area contributed by atoms with Crippen LogP contribution in [0.3, 0.4) is 0 Å². The molecule has 0 amide bonds. The molecule has 1 heterocycles. The second kappa shape index (κ2) is 4.67. The Labute approximate surface area is 91.6 Å². The second-order valence-electron chi connectivity index (χ2n) is 4.59. The Morgan fingerprint density at radius 3 is 3.00 bits per heavy atom. The number of hydrogen-bond donors (Lipinski definition) is 1. The van der Waals surface area contributed by atoms with E-state index < -0.39 is 0 Å². The fourth-order valence-electron chi connectivity index (χ4n) is 1.86. The SMILES string of the molecule is CC(C)COC1CNc2ccccc2C1. The van der Waals surface area contributed by atoms with Crippen LogP contribution in [0.2, 0.25) is 0 Å².